The third kappa shape index (κ3) is 5.13. The summed E-state index contributed by atoms with van der Waals surface area (Å²) >= 11 is 0. The van der Waals surface area contributed by atoms with Crippen molar-refractivity contribution in [2.75, 3.05) is 20.3 Å². The second-order valence-electron chi connectivity index (χ2n) is 10.9. The predicted molar refractivity (Wildman–Crippen MR) is 142 cm³/mol. The van der Waals surface area contributed by atoms with E-state index in [2.05, 4.69) is 5.32 Å². The highest BCUT2D eigenvalue weighted by atomic mass is 32.2. The summed E-state index contributed by atoms with van der Waals surface area (Å²) in [7, 11) is -2.01. The molecular weight excluding hydrogens is 507 g/mol. The molecule has 2 aromatic rings. The molecule has 2 aromatic carbocycles. The van der Waals surface area contributed by atoms with Crippen molar-refractivity contribution in [3.63, 3.8) is 0 Å². The minimum atomic E-state index is -3.68. The number of sulfonamides is 1. The van der Waals surface area contributed by atoms with Crippen LogP contribution < -0.4 is 5.32 Å². The van der Waals surface area contributed by atoms with Crippen molar-refractivity contribution in [1.82, 2.24) is 9.62 Å². The number of hydrogen-bond donors (Lipinski definition) is 1. The van der Waals surface area contributed by atoms with Gasteiger partial charge in [0.25, 0.3) is 0 Å². The van der Waals surface area contributed by atoms with Gasteiger partial charge in [0.15, 0.2) is 0 Å². The number of carbonyl (C=O) groups is 1. The van der Waals surface area contributed by atoms with Gasteiger partial charge in [-0.25, -0.2) is 12.8 Å². The lowest BCUT2D eigenvalue weighted by Crippen LogP contribution is -2.55. The van der Waals surface area contributed by atoms with Gasteiger partial charge in [-0.3, -0.25) is 4.79 Å². The number of methoxy groups -OCH3 is 1. The minimum absolute atomic E-state index is 0.0399. The molecule has 2 heterocycles. The summed E-state index contributed by atoms with van der Waals surface area (Å²) in [5, 5.41) is 2.50. The third-order valence-corrected chi connectivity index (χ3v) is 11.0. The molecule has 206 valence electrons. The predicted octanol–water partition coefficient (Wildman–Crippen LogP) is 4.22. The van der Waals surface area contributed by atoms with Crippen molar-refractivity contribution in [2.45, 2.75) is 80.8 Å². The van der Waals surface area contributed by atoms with Gasteiger partial charge in [0, 0.05) is 44.5 Å². The van der Waals surface area contributed by atoms with E-state index in [0.29, 0.717) is 50.0 Å². The zero-order chi connectivity index (χ0) is 26.9. The lowest BCUT2D eigenvalue weighted by Gasteiger charge is -2.41. The smallest absolute Gasteiger partial charge is 0.231 e. The fourth-order valence-corrected chi connectivity index (χ4v) is 8.25. The molecule has 9 heteroatoms. The van der Waals surface area contributed by atoms with Crippen LogP contribution in [0.5, 0.6) is 0 Å². The van der Waals surface area contributed by atoms with E-state index < -0.39 is 26.5 Å². The molecular formula is C29H37FN2O5S. The van der Waals surface area contributed by atoms with Crippen LogP contribution in [0, 0.1) is 5.82 Å². The van der Waals surface area contributed by atoms with Gasteiger partial charge in [0.05, 0.1) is 11.5 Å². The van der Waals surface area contributed by atoms with E-state index in [1.807, 2.05) is 37.3 Å². The van der Waals surface area contributed by atoms with Crippen molar-refractivity contribution >= 4 is 15.9 Å². The van der Waals surface area contributed by atoms with Gasteiger partial charge >= 0.3 is 0 Å². The standard InChI is InChI=1S/C29H37FN2O5S/c1-20-8-11-27(21-6-4-3-5-7-21)38(34,35)32(20)19-22-9-10-23(16-26(22)30)29(12-14-37-15-13-29)28(33)31-24-17-25(18-24)36-2/h3-7,9-10,16,20,24-25,27H,8,11-15,17-19H2,1-2H3,(H,31,33)/t20-,24-,25+,27+/m0/s1. The monoisotopic (exact) mass is 544 g/mol. The summed E-state index contributed by atoms with van der Waals surface area (Å²) in [6.45, 7) is 2.68. The first-order valence-electron chi connectivity index (χ1n) is 13.5. The second kappa shape index (κ2) is 11.0. The lowest BCUT2D eigenvalue weighted by molar-refractivity contribution is -0.132. The molecule has 38 heavy (non-hydrogen) atoms. The number of rotatable bonds is 7. The Bertz CT molecular complexity index is 1240. The first kappa shape index (κ1) is 27.2. The number of hydrogen-bond acceptors (Lipinski definition) is 5. The molecule has 2 atom stereocenters. The lowest BCUT2D eigenvalue weighted by atomic mass is 9.72. The molecule has 7 nitrogen and oxygen atoms in total. The Morgan fingerprint density at radius 2 is 1.84 bits per heavy atom. The molecule has 3 aliphatic rings. The molecule has 0 bridgehead atoms. The molecule has 0 aromatic heterocycles. The van der Waals surface area contributed by atoms with E-state index in [-0.39, 0.29) is 30.6 Å². The van der Waals surface area contributed by atoms with E-state index in [1.54, 1.807) is 19.2 Å². The Labute approximate surface area is 224 Å². The van der Waals surface area contributed by atoms with Crippen LogP contribution in [-0.2, 0) is 36.3 Å². The summed E-state index contributed by atoms with van der Waals surface area (Å²) in [5.41, 5.74) is 0.802. The van der Waals surface area contributed by atoms with Crippen LogP contribution in [0.3, 0.4) is 0 Å². The number of ether oxygens (including phenoxy) is 2. The number of halogens is 1. The minimum Gasteiger partial charge on any atom is -0.381 e. The molecule has 0 radical (unpaired) electrons. The van der Waals surface area contributed by atoms with Gasteiger partial charge in [-0.1, -0.05) is 42.5 Å². The SMILES string of the molecule is CO[C@H]1C[C@@H](NC(=O)C2(c3ccc(CN4[C@@H](C)CC[C@H](c5ccccc5)S4(=O)=O)c(F)c3)CCOCC2)C1. The summed E-state index contributed by atoms with van der Waals surface area (Å²) in [4.78, 5) is 13.5. The highest BCUT2D eigenvalue weighted by Gasteiger charge is 2.45. The molecule has 0 spiro atoms. The van der Waals surface area contributed by atoms with Crippen molar-refractivity contribution in [2.24, 2.45) is 0 Å². The topological polar surface area (TPSA) is 84.9 Å². The molecule has 2 aliphatic heterocycles. The fraction of sp³-hybridized carbons (Fsp3) is 0.552. The van der Waals surface area contributed by atoms with Gasteiger partial charge in [-0.15, -0.1) is 0 Å². The molecule has 5 rings (SSSR count). The highest BCUT2D eigenvalue weighted by molar-refractivity contribution is 7.89. The summed E-state index contributed by atoms with van der Waals surface area (Å²) in [6, 6.07) is 13.9. The summed E-state index contributed by atoms with van der Waals surface area (Å²) < 4.78 is 55.1. The fourth-order valence-electron chi connectivity index (χ4n) is 6.06. The van der Waals surface area contributed by atoms with Crippen molar-refractivity contribution in [3.8, 4) is 0 Å². The number of carbonyl (C=O) groups excluding carboxylic acids is 1. The Kier molecular flexibility index (Phi) is 7.91. The number of benzene rings is 2. The number of nitrogens with one attached hydrogen (secondary N) is 1. The van der Waals surface area contributed by atoms with Crippen LogP contribution in [0.2, 0.25) is 0 Å². The molecule has 1 aliphatic carbocycles. The van der Waals surface area contributed by atoms with Crippen LogP contribution in [0.25, 0.3) is 0 Å². The number of amides is 1. The molecule has 3 fully saturated rings. The number of nitrogens with zero attached hydrogens (tertiary/aromatic N) is 1. The van der Waals surface area contributed by atoms with Crippen LogP contribution in [0.1, 0.15) is 67.4 Å². The van der Waals surface area contributed by atoms with Gasteiger partial charge in [-0.2, -0.15) is 4.31 Å². The first-order valence-corrected chi connectivity index (χ1v) is 15.0. The normalized spacial score (nSPS) is 28.8. The quantitative estimate of drug-likeness (QED) is 0.564. The second-order valence-corrected chi connectivity index (χ2v) is 13.0. The largest absolute Gasteiger partial charge is 0.381 e. The molecule has 1 N–H and O–H groups in total. The van der Waals surface area contributed by atoms with Crippen molar-refractivity contribution in [1.29, 1.82) is 0 Å². The summed E-state index contributed by atoms with van der Waals surface area (Å²) in [6.07, 6.45) is 3.88. The van der Waals surface area contributed by atoms with Gasteiger partial charge in [-0.05, 0) is 62.6 Å². The average molecular weight is 545 g/mol. The van der Waals surface area contributed by atoms with E-state index in [1.165, 1.54) is 10.4 Å². The molecule has 1 saturated carbocycles. The maximum Gasteiger partial charge on any atom is 0.231 e. The third-order valence-electron chi connectivity index (χ3n) is 8.67. The van der Waals surface area contributed by atoms with Crippen LogP contribution in [-0.4, -0.2) is 57.1 Å². The van der Waals surface area contributed by atoms with Crippen LogP contribution in [0.15, 0.2) is 48.5 Å². The van der Waals surface area contributed by atoms with Gasteiger partial charge < -0.3 is 14.8 Å². The van der Waals surface area contributed by atoms with Crippen LogP contribution in [0.4, 0.5) is 4.39 Å². The first-order chi connectivity index (χ1) is 18.2. The zero-order valence-corrected chi connectivity index (χ0v) is 22.9. The molecule has 2 saturated heterocycles. The Morgan fingerprint density at radius 1 is 1.13 bits per heavy atom. The Morgan fingerprint density at radius 3 is 2.50 bits per heavy atom. The van der Waals surface area contributed by atoms with Gasteiger partial charge in [0.1, 0.15) is 11.1 Å². The Hall–Kier alpha value is -2.33. The van der Waals surface area contributed by atoms with E-state index >= 15 is 4.39 Å². The highest BCUT2D eigenvalue weighted by Crippen LogP contribution is 2.40. The van der Waals surface area contributed by atoms with Crippen molar-refractivity contribution in [3.05, 3.63) is 71.0 Å². The van der Waals surface area contributed by atoms with Crippen molar-refractivity contribution < 1.29 is 27.1 Å². The maximum atomic E-state index is 15.6. The average Bonchev–Trinajstić information content (AvgIpc) is 2.89. The van der Waals surface area contributed by atoms with E-state index in [9.17, 15) is 13.2 Å². The van der Waals surface area contributed by atoms with E-state index in [4.69, 9.17) is 9.47 Å². The van der Waals surface area contributed by atoms with Gasteiger partial charge in [0.2, 0.25) is 15.9 Å². The zero-order valence-electron chi connectivity index (χ0n) is 22.1. The molecule has 0 unspecified atom stereocenters. The Balaban J connectivity index is 1.37. The van der Waals surface area contributed by atoms with E-state index in [0.717, 1.165) is 18.4 Å². The maximum absolute atomic E-state index is 15.6. The van der Waals surface area contributed by atoms with Crippen LogP contribution >= 0.6 is 0 Å². The summed E-state index contributed by atoms with van der Waals surface area (Å²) in [5.74, 6) is -0.598. The molecule has 1 amide bonds.